The summed E-state index contributed by atoms with van der Waals surface area (Å²) in [5.74, 6) is 1.32. The van der Waals surface area contributed by atoms with E-state index in [0.29, 0.717) is 18.9 Å². The van der Waals surface area contributed by atoms with Crippen LogP contribution in [0.25, 0.3) is 0 Å². The van der Waals surface area contributed by atoms with E-state index in [4.69, 9.17) is 9.15 Å². The normalized spacial score (nSPS) is 29.9. The number of carboxylic acid groups (broad SMARTS) is 1. The monoisotopic (exact) mass is 491 g/mol. The molecule has 6 nitrogen and oxygen atoms in total. The van der Waals surface area contributed by atoms with Crippen LogP contribution in [0.15, 0.2) is 28.9 Å². The average molecular weight is 492 g/mol. The summed E-state index contributed by atoms with van der Waals surface area (Å²) in [5.41, 5.74) is 1.99. The van der Waals surface area contributed by atoms with Gasteiger partial charge in [-0.15, -0.1) is 0 Å². The van der Waals surface area contributed by atoms with Crippen molar-refractivity contribution in [2.24, 2.45) is 22.7 Å². The van der Waals surface area contributed by atoms with Gasteiger partial charge in [0.1, 0.15) is 11.8 Å². The van der Waals surface area contributed by atoms with Gasteiger partial charge in [0, 0.05) is 0 Å². The molecule has 2 aliphatic rings. The van der Waals surface area contributed by atoms with Gasteiger partial charge in [0.15, 0.2) is 0 Å². The first-order valence-electron chi connectivity index (χ1n) is 12.4. The Morgan fingerprint density at radius 2 is 2.15 bits per heavy atom. The predicted molar refractivity (Wildman–Crippen MR) is 136 cm³/mol. The first kappa shape index (κ1) is 26.9. The fourth-order valence-corrected chi connectivity index (χ4v) is 7.24. The number of fused-ring (bicyclic) bond motifs is 1. The van der Waals surface area contributed by atoms with Crippen LogP contribution in [0.3, 0.4) is 0 Å². The number of thioether (sulfide) groups is 1. The fraction of sp³-hybridized carbons (Fsp3) is 0.704. The minimum absolute atomic E-state index is 0.0187. The van der Waals surface area contributed by atoms with E-state index in [0.717, 1.165) is 62.0 Å². The molecule has 5 atom stereocenters. The molecule has 0 aliphatic heterocycles. The molecule has 190 valence electrons. The van der Waals surface area contributed by atoms with E-state index in [1.54, 1.807) is 18.0 Å². The lowest BCUT2D eigenvalue weighted by Crippen LogP contribution is -2.53. The summed E-state index contributed by atoms with van der Waals surface area (Å²) in [6.45, 7) is 9.31. The number of carbonyl (C=O) groups is 2. The third-order valence-corrected chi connectivity index (χ3v) is 9.27. The third kappa shape index (κ3) is 5.40. The Kier molecular flexibility index (Phi) is 8.96. The topological polar surface area (TPSA) is 88.8 Å². The number of rotatable bonds is 11. The summed E-state index contributed by atoms with van der Waals surface area (Å²) in [6, 6.07) is 1.42. The largest absolute Gasteiger partial charge is 0.480 e. The number of aliphatic carboxylic acids is 1. The van der Waals surface area contributed by atoms with Crippen molar-refractivity contribution in [3.63, 3.8) is 0 Å². The predicted octanol–water partition coefficient (Wildman–Crippen LogP) is 5.46. The van der Waals surface area contributed by atoms with Crippen molar-refractivity contribution in [2.45, 2.75) is 77.8 Å². The Morgan fingerprint density at radius 1 is 1.38 bits per heavy atom. The molecule has 0 bridgehead atoms. The van der Waals surface area contributed by atoms with E-state index in [-0.39, 0.29) is 17.3 Å². The second-order valence-corrected chi connectivity index (χ2v) is 11.5. The zero-order valence-electron chi connectivity index (χ0n) is 21.2. The molecule has 0 aromatic carbocycles. The minimum Gasteiger partial charge on any atom is -0.480 e. The van der Waals surface area contributed by atoms with Gasteiger partial charge in [-0.05, 0) is 92.8 Å². The van der Waals surface area contributed by atoms with Crippen molar-refractivity contribution < 1.29 is 23.8 Å². The van der Waals surface area contributed by atoms with E-state index in [1.807, 2.05) is 12.3 Å². The Hall–Kier alpha value is -1.73. The van der Waals surface area contributed by atoms with Gasteiger partial charge in [0.05, 0.1) is 25.3 Å². The number of hydrogen-bond donors (Lipinski definition) is 2. The lowest BCUT2D eigenvalue weighted by Gasteiger charge is -2.57. The van der Waals surface area contributed by atoms with Crippen LogP contribution in [0.5, 0.6) is 0 Å². The molecule has 0 radical (unpaired) electrons. The number of hydrogen-bond acceptors (Lipinski definition) is 6. The van der Waals surface area contributed by atoms with Crippen LogP contribution in [-0.4, -0.2) is 42.2 Å². The molecule has 0 spiro atoms. The maximum atomic E-state index is 12.8. The first-order chi connectivity index (χ1) is 16.2. The summed E-state index contributed by atoms with van der Waals surface area (Å²) in [4.78, 5) is 24.4. The summed E-state index contributed by atoms with van der Waals surface area (Å²) in [7, 11) is 1.50. The molecule has 7 heteroatoms. The number of aryl methyl sites for hydroxylation is 1. The lowest BCUT2D eigenvalue weighted by molar-refractivity contribution is -0.168. The lowest BCUT2D eigenvalue weighted by atomic mass is 9.46. The molecule has 2 N–H and O–H groups in total. The number of allylic oxidation sites excluding steroid dienone is 1. The van der Waals surface area contributed by atoms with Crippen LogP contribution in [0.1, 0.15) is 70.1 Å². The van der Waals surface area contributed by atoms with Crippen molar-refractivity contribution in [3.05, 3.63) is 35.8 Å². The van der Waals surface area contributed by atoms with Gasteiger partial charge in [-0.25, -0.2) is 0 Å². The van der Waals surface area contributed by atoms with Crippen LogP contribution in [0, 0.1) is 22.7 Å². The molecular formula is C27H41NO5S. The van der Waals surface area contributed by atoms with Crippen molar-refractivity contribution in [1.29, 1.82) is 0 Å². The molecule has 0 saturated heterocycles. The van der Waals surface area contributed by atoms with Crippen molar-refractivity contribution >= 4 is 23.7 Å². The summed E-state index contributed by atoms with van der Waals surface area (Å²) in [6.07, 6.45) is 11.0. The van der Waals surface area contributed by atoms with Gasteiger partial charge >= 0.3 is 11.9 Å². The maximum Gasteiger partial charge on any atom is 0.320 e. The van der Waals surface area contributed by atoms with Crippen molar-refractivity contribution in [1.82, 2.24) is 5.32 Å². The maximum absolute atomic E-state index is 12.8. The van der Waals surface area contributed by atoms with Gasteiger partial charge in [-0.1, -0.05) is 25.5 Å². The van der Waals surface area contributed by atoms with Crippen LogP contribution in [0.4, 0.5) is 0 Å². The first-order valence-corrected chi connectivity index (χ1v) is 13.8. The number of carbonyl (C=O) groups excluding carboxylic acids is 1. The zero-order chi connectivity index (χ0) is 24.9. The SMILES string of the molecule is C=C1CC[C@H]2[C@](C)(CCC[C@]2(C)C(=O)OC)[C@H]1CCc1ccoc1CN[C@H](CCSC)C(=O)O. The standard InChI is InChI=1S/C27H41NO5S/c1-18-7-10-23-26(2,13-6-14-27(23,3)25(31)32-4)20(18)9-8-19-11-15-33-22(19)17-28-21(24(29)30)12-16-34-5/h11,15,20-21,23,28H,1,6-10,12-14,16-17H2,2-5H3,(H,29,30)/t20-,21+,23-,26+,27-/m0/s1. The van der Waals surface area contributed by atoms with E-state index in [2.05, 4.69) is 25.7 Å². The van der Waals surface area contributed by atoms with Crippen LogP contribution < -0.4 is 5.32 Å². The molecule has 3 rings (SSSR count). The third-order valence-electron chi connectivity index (χ3n) is 8.63. The van der Waals surface area contributed by atoms with Gasteiger partial charge in [0.2, 0.25) is 0 Å². The van der Waals surface area contributed by atoms with E-state index in [9.17, 15) is 14.7 Å². The van der Waals surface area contributed by atoms with E-state index in [1.165, 1.54) is 12.7 Å². The fourth-order valence-electron chi connectivity index (χ4n) is 6.77. The highest BCUT2D eigenvalue weighted by Gasteiger charge is 2.57. The molecule has 34 heavy (non-hydrogen) atoms. The number of furan rings is 1. The number of nitrogens with one attached hydrogen (secondary N) is 1. The average Bonchev–Trinajstić information content (AvgIpc) is 3.24. The van der Waals surface area contributed by atoms with Crippen molar-refractivity contribution in [3.8, 4) is 0 Å². The smallest absolute Gasteiger partial charge is 0.320 e. The van der Waals surface area contributed by atoms with Gasteiger partial charge < -0.3 is 14.3 Å². The second-order valence-electron chi connectivity index (χ2n) is 10.5. The number of ether oxygens (including phenoxy) is 1. The van der Waals surface area contributed by atoms with Crippen LogP contribution in [-0.2, 0) is 27.3 Å². The summed E-state index contributed by atoms with van der Waals surface area (Å²) >= 11 is 1.65. The Labute approximate surface area is 208 Å². The van der Waals surface area contributed by atoms with E-state index < -0.39 is 17.4 Å². The Bertz CT molecular complexity index is 882. The van der Waals surface area contributed by atoms with E-state index >= 15 is 0 Å². The van der Waals surface area contributed by atoms with Crippen molar-refractivity contribution in [2.75, 3.05) is 19.1 Å². The molecule has 2 aliphatic carbocycles. The molecule has 1 heterocycles. The number of esters is 1. The van der Waals surface area contributed by atoms with Gasteiger partial charge in [-0.3, -0.25) is 14.9 Å². The Balaban J connectivity index is 1.71. The number of methoxy groups -OCH3 is 1. The molecule has 0 amide bonds. The quantitative estimate of drug-likeness (QED) is 0.314. The molecule has 1 aromatic heterocycles. The highest BCUT2D eigenvalue weighted by Crippen LogP contribution is 2.62. The van der Waals surface area contributed by atoms with Gasteiger partial charge in [0.25, 0.3) is 0 Å². The van der Waals surface area contributed by atoms with Crippen LogP contribution in [0.2, 0.25) is 0 Å². The zero-order valence-corrected chi connectivity index (χ0v) is 22.0. The highest BCUT2D eigenvalue weighted by molar-refractivity contribution is 7.98. The molecule has 2 saturated carbocycles. The molecular weight excluding hydrogens is 450 g/mol. The minimum atomic E-state index is -0.828. The molecule has 0 unspecified atom stereocenters. The summed E-state index contributed by atoms with van der Waals surface area (Å²) in [5, 5.41) is 12.6. The second kappa shape index (κ2) is 11.3. The highest BCUT2D eigenvalue weighted by atomic mass is 32.2. The van der Waals surface area contributed by atoms with Crippen LogP contribution >= 0.6 is 11.8 Å². The van der Waals surface area contributed by atoms with Gasteiger partial charge in [-0.2, -0.15) is 11.8 Å². The molecule has 2 fully saturated rings. The Morgan fingerprint density at radius 3 is 2.82 bits per heavy atom. The summed E-state index contributed by atoms with van der Waals surface area (Å²) < 4.78 is 11.0. The molecule has 1 aromatic rings. The number of carboxylic acids is 1.